The molecule has 0 saturated carbocycles. The molecule has 0 aromatic rings. The molecule has 4 nitrogen and oxygen atoms in total. The summed E-state index contributed by atoms with van der Waals surface area (Å²) in [5, 5.41) is 0. The number of hydrogen-bond acceptors (Lipinski definition) is 2. The van der Waals surface area contributed by atoms with Crippen molar-refractivity contribution in [3.8, 4) is 0 Å². The molecule has 0 aromatic heterocycles. The van der Waals surface area contributed by atoms with Crippen LogP contribution in [0.25, 0.3) is 0 Å². The van der Waals surface area contributed by atoms with Crippen molar-refractivity contribution in [1.29, 1.82) is 0 Å². The number of rotatable bonds is 23. The Kier molecular flexibility index (Phi) is 20.1. The summed E-state index contributed by atoms with van der Waals surface area (Å²) in [6.07, 6.45) is 27.2. The van der Waals surface area contributed by atoms with Crippen molar-refractivity contribution in [2.45, 2.75) is 135 Å². The van der Waals surface area contributed by atoms with Gasteiger partial charge in [0.2, 0.25) is 0 Å². The molecule has 0 radical (unpaired) electrons. The fourth-order valence-electron chi connectivity index (χ4n) is 4.28. The van der Waals surface area contributed by atoms with Crippen LogP contribution < -0.4 is 0 Å². The Hall–Kier alpha value is -0.150. The van der Waals surface area contributed by atoms with Crippen LogP contribution in [0, 0.1) is 0 Å². The van der Waals surface area contributed by atoms with E-state index in [1.54, 1.807) is 0 Å². The second kappa shape index (κ2) is 20.2. The third-order valence-electron chi connectivity index (χ3n) is 6.27. The molecule has 0 heterocycles. The van der Waals surface area contributed by atoms with Crippen molar-refractivity contribution in [1.82, 2.24) is 0 Å². The predicted octanol–water partition coefficient (Wildman–Crippen LogP) is 8.84. The van der Waals surface area contributed by atoms with Crippen molar-refractivity contribution in [3.05, 3.63) is 12.2 Å². The molecule has 192 valence electrons. The van der Waals surface area contributed by atoms with Crippen LogP contribution >= 0.6 is 7.60 Å². The first-order chi connectivity index (χ1) is 15.3. The Balaban J connectivity index is 3.57. The van der Waals surface area contributed by atoms with Crippen LogP contribution in [0.15, 0.2) is 12.2 Å². The molecule has 1 N–H and O–H groups in total. The van der Waals surface area contributed by atoms with E-state index in [4.69, 9.17) is 4.52 Å². The quantitative estimate of drug-likeness (QED) is 0.0696. The van der Waals surface area contributed by atoms with E-state index < -0.39 is 7.60 Å². The normalized spacial score (nSPS) is 15.3. The Morgan fingerprint density at radius 3 is 1.59 bits per heavy atom. The first-order valence-corrected chi connectivity index (χ1v) is 15.3. The third kappa shape index (κ3) is 18.3. The fourth-order valence-corrected chi connectivity index (χ4v) is 6.28. The Morgan fingerprint density at radius 1 is 0.719 bits per heavy atom. The van der Waals surface area contributed by atoms with Crippen molar-refractivity contribution in [2.75, 3.05) is 27.7 Å². The third-order valence-corrected chi connectivity index (χ3v) is 8.53. The van der Waals surface area contributed by atoms with Gasteiger partial charge in [-0.1, -0.05) is 109 Å². The summed E-state index contributed by atoms with van der Waals surface area (Å²) in [5.74, 6) is -0.355. The van der Waals surface area contributed by atoms with Gasteiger partial charge in [0, 0.05) is 6.42 Å². The maximum atomic E-state index is 12.6. The minimum absolute atomic E-state index is 0.323. The Morgan fingerprint density at radius 2 is 1.16 bits per heavy atom. The number of unbranched alkanes of at least 4 members (excludes halogenated alkanes) is 14. The fraction of sp³-hybridized carbons (Fsp3) is 0.926. The monoisotopic (exact) mass is 474 g/mol. The van der Waals surface area contributed by atoms with E-state index in [9.17, 15) is 9.46 Å². The molecule has 0 bridgehead atoms. The van der Waals surface area contributed by atoms with Crippen molar-refractivity contribution in [3.63, 3.8) is 0 Å². The van der Waals surface area contributed by atoms with Gasteiger partial charge in [0.1, 0.15) is 0 Å². The Labute approximate surface area is 201 Å². The number of hydrogen-bond donors (Lipinski definition) is 1. The lowest BCUT2D eigenvalue weighted by atomic mass is 10.0. The highest BCUT2D eigenvalue weighted by molar-refractivity contribution is 7.53. The zero-order valence-corrected chi connectivity index (χ0v) is 23.2. The maximum Gasteiger partial charge on any atom is 0.385 e. The van der Waals surface area contributed by atoms with Crippen molar-refractivity contribution in [2.24, 2.45) is 0 Å². The van der Waals surface area contributed by atoms with Crippen LogP contribution in [0.2, 0.25) is 0 Å². The molecular weight excluding hydrogens is 417 g/mol. The summed E-state index contributed by atoms with van der Waals surface area (Å²) in [5.41, 5.74) is 0. The second-order valence-electron chi connectivity index (χ2n) is 10.4. The van der Waals surface area contributed by atoms with Crippen LogP contribution in [0.3, 0.4) is 0 Å². The number of nitrogens with zero attached hydrogens (tertiary/aromatic N) is 1. The van der Waals surface area contributed by atoms with E-state index in [2.05, 4.69) is 19.1 Å². The van der Waals surface area contributed by atoms with E-state index in [1.165, 1.54) is 89.9 Å². The summed E-state index contributed by atoms with van der Waals surface area (Å²) in [6, 6.07) is 0. The summed E-state index contributed by atoms with van der Waals surface area (Å²) in [4.78, 5) is 10.4. The minimum atomic E-state index is -3.60. The largest absolute Gasteiger partial charge is 0.385 e. The molecule has 0 amide bonds. The molecular formula is C27H57NO3P+. The molecule has 0 spiro atoms. The highest BCUT2D eigenvalue weighted by atomic mass is 31.2. The topological polar surface area (TPSA) is 46.5 Å². The lowest BCUT2D eigenvalue weighted by Gasteiger charge is -2.35. The van der Waals surface area contributed by atoms with Crippen LogP contribution in [-0.2, 0) is 9.09 Å². The van der Waals surface area contributed by atoms with Gasteiger partial charge in [-0.15, -0.1) is 0 Å². The zero-order valence-electron chi connectivity index (χ0n) is 22.3. The summed E-state index contributed by atoms with van der Waals surface area (Å²) in [6.45, 7) is 4.65. The number of allylic oxidation sites excluding steroid dienone is 1. The van der Waals surface area contributed by atoms with Crippen LogP contribution in [-0.4, -0.2) is 42.9 Å². The molecule has 2 unspecified atom stereocenters. The first-order valence-electron chi connectivity index (χ1n) is 13.7. The molecule has 5 heteroatoms. The molecule has 0 aliphatic carbocycles. The van der Waals surface area contributed by atoms with E-state index in [0.717, 1.165) is 12.8 Å². The lowest BCUT2D eigenvalue weighted by Crippen LogP contribution is -2.45. The van der Waals surface area contributed by atoms with Gasteiger partial charge in [0.25, 0.3) is 0 Å². The molecule has 0 rings (SSSR count). The van der Waals surface area contributed by atoms with E-state index >= 15 is 0 Å². The van der Waals surface area contributed by atoms with Crippen molar-refractivity contribution < 1.29 is 18.5 Å². The Bertz CT molecular complexity index is 488. The van der Waals surface area contributed by atoms with Gasteiger partial charge in [-0.3, -0.25) is 4.57 Å². The molecule has 0 aliphatic rings. The van der Waals surface area contributed by atoms with Gasteiger partial charge in [-0.25, -0.2) is 0 Å². The second-order valence-corrected chi connectivity index (χ2v) is 12.4. The van der Waals surface area contributed by atoms with Crippen LogP contribution in [0.5, 0.6) is 0 Å². The average Bonchev–Trinajstić information content (AvgIpc) is 2.72. The van der Waals surface area contributed by atoms with E-state index in [-0.39, 0.29) is 5.78 Å². The molecule has 0 saturated heterocycles. The van der Waals surface area contributed by atoms with Crippen LogP contribution in [0.1, 0.15) is 129 Å². The summed E-state index contributed by atoms with van der Waals surface area (Å²) < 4.78 is 18.5. The molecule has 2 atom stereocenters. The van der Waals surface area contributed by atoms with Gasteiger partial charge in [-0.05, 0) is 25.7 Å². The van der Waals surface area contributed by atoms with Gasteiger partial charge in [0.15, 0.2) is 5.78 Å². The highest BCUT2D eigenvalue weighted by Gasteiger charge is 2.41. The lowest BCUT2D eigenvalue weighted by molar-refractivity contribution is -0.883. The minimum Gasteiger partial charge on any atom is -0.320 e. The maximum absolute atomic E-state index is 12.6. The zero-order chi connectivity index (χ0) is 24.1. The summed E-state index contributed by atoms with van der Waals surface area (Å²) >= 11 is 0. The average molecular weight is 475 g/mol. The van der Waals surface area contributed by atoms with Gasteiger partial charge in [-0.2, -0.15) is 0 Å². The predicted molar refractivity (Wildman–Crippen MR) is 141 cm³/mol. The number of quaternary nitrogens is 1. The standard InChI is InChI=1S/C27H56NO3P/c1-6-8-9-10-11-12-13-14-15-16-17-18-19-20-21-22-23-24-26-31-32(29,30)27(25-7-2)28(3,4)5/h22-23,27H,6-21,24-26H2,1-5H3/p+1. The van der Waals surface area contributed by atoms with E-state index in [1.807, 2.05) is 28.1 Å². The molecule has 0 aromatic carbocycles. The van der Waals surface area contributed by atoms with E-state index in [0.29, 0.717) is 23.9 Å². The first kappa shape index (κ1) is 31.9. The van der Waals surface area contributed by atoms with Crippen molar-refractivity contribution >= 4 is 7.60 Å². The van der Waals surface area contributed by atoms with Gasteiger partial charge in [0.05, 0.1) is 27.7 Å². The summed E-state index contributed by atoms with van der Waals surface area (Å²) in [7, 11) is 2.29. The van der Waals surface area contributed by atoms with Crippen LogP contribution in [0.4, 0.5) is 0 Å². The molecule has 0 fully saturated rings. The molecule has 32 heavy (non-hydrogen) atoms. The van der Waals surface area contributed by atoms with Gasteiger partial charge < -0.3 is 13.9 Å². The highest BCUT2D eigenvalue weighted by Crippen LogP contribution is 2.51. The van der Waals surface area contributed by atoms with Gasteiger partial charge >= 0.3 is 7.60 Å². The smallest absolute Gasteiger partial charge is 0.320 e. The molecule has 0 aliphatic heterocycles. The SMILES string of the molecule is CCCCCCCCCCCCCCCCC=CCCOP(=O)(O)C(CCC)[N+](C)(C)C.